The van der Waals surface area contributed by atoms with Crippen molar-refractivity contribution < 1.29 is 27.1 Å². The molecule has 11 heteroatoms. The summed E-state index contributed by atoms with van der Waals surface area (Å²) in [5, 5.41) is 10.5. The molecule has 0 spiro atoms. The molecule has 3 aromatic rings. The summed E-state index contributed by atoms with van der Waals surface area (Å²) in [6.07, 6.45) is 0.774. The van der Waals surface area contributed by atoms with E-state index in [4.69, 9.17) is 13.9 Å². The number of carbonyl (C=O) groups is 1. The summed E-state index contributed by atoms with van der Waals surface area (Å²) in [6.45, 7) is 0.483. The molecule has 1 saturated heterocycles. The Labute approximate surface area is 191 Å². The average molecular weight is 473 g/mol. The van der Waals surface area contributed by atoms with Gasteiger partial charge in [-0.3, -0.25) is 10.1 Å². The molecule has 1 aliphatic heterocycles. The number of sulfonamides is 1. The van der Waals surface area contributed by atoms with Gasteiger partial charge in [-0.1, -0.05) is 11.2 Å². The van der Waals surface area contributed by atoms with E-state index in [-0.39, 0.29) is 41.7 Å². The van der Waals surface area contributed by atoms with Crippen molar-refractivity contribution >= 4 is 21.9 Å². The van der Waals surface area contributed by atoms with Crippen LogP contribution in [0.2, 0.25) is 0 Å². The van der Waals surface area contributed by atoms with Crippen molar-refractivity contribution in [1.82, 2.24) is 14.5 Å². The molecule has 1 N–H and O–H groups in total. The van der Waals surface area contributed by atoms with Gasteiger partial charge in [-0.15, -0.1) is 5.10 Å². The molecule has 2 aromatic carbocycles. The molecule has 0 saturated carbocycles. The van der Waals surface area contributed by atoms with Crippen molar-refractivity contribution in [3.8, 4) is 23.0 Å². The summed E-state index contributed by atoms with van der Waals surface area (Å²) in [6, 6.07) is 13.4. The van der Waals surface area contributed by atoms with Crippen LogP contribution in [-0.2, 0) is 14.8 Å². The van der Waals surface area contributed by atoms with Crippen LogP contribution in [0.25, 0.3) is 11.5 Å². The van der Waals surface area contributed by atoms with E-state index in [2.05, 4.69) is 15.5 Å². The molecule has 10 nitrogen and oxygen atoms in total. The van der Waals surface area contributed by atoms with Crippen LogP contribution in [0.3, 0.4) is 0 Å². The van der Waals surface area contributed by atoms with Crippen molar-refractivity contribution in [3.63, 3.8) is 0 Å². The predicted molar refractivity (Wildman–Crippen MR) is 119 cm³/mol. The fourth-order valence-electron chi connectivity index (χ4n) is 3.61. The van der Waals surface area contributed by atoms with Gasteiger partial charge >= 0.3 is 6.01 Å². The molecule has 0 bridgehead atoms. The Hall–Kier alpha value is -3.44. The van der Waals surface area contributed by atoms with Gasteiger partial charge in [0.2, 0.25) is 21.8 Å². The number of rotatable bonds is 7. The van der Waals surface area contributed by atoms with Gasteiger partial charge in [0.1, 0.15) is 11.5 Å². The highest BCUT2D eigenvalue weighted by Gasteiger charge is 2.32. The topological polar surface area (TPSA) is 124 Å². The maximum atomic E-state index is 12.9. The Kier molecular flexibility index (Phi) is 6.61. The Balaban J connectivity index is 1.35. The minimum atomic E-state index is -3.63. The highest BCUT2D eigenvalue weighted by atomic mass is 32.2. The fourth-order valence-corrected chi connectivity index (χ4v) is 5.08. The number of carbonyl (C=O) groups excluding carboxylic acids is 1. The monoisotopic (exact) mass is 472 g/mol. The van der Waals surface area contributed by atoms with Gasteiger partial charge in [0, 0.05) is 24.6 Å². The Morgan fingerprint density at radius 3 is 2.39 bits per heavy atom. The van der Waals surface area contributed by atoms with Gasteiger partial charge in [-0.05, 0) is 55.3 Å². The molecule has 0 unspecified atom stereocenters. The lowest BCUT2D eigenvalue weighted by molar-refractivity contribution is -0.121. The van der Waals surface area contributed by atoms with E-state index in [1.54, 1.807) is 43.5 Å². The third-order valence-corrected chi connectivity index (χ3v) is 7.41. The quantitative estimate of drug-likeness (QED) is 0.557. The smallest absolute Gasteiger partial charge is 0.322 e. The Morgan fingerprint density at radius 1 is 1.03 bits per heavy atom. The second-order valence-corrected chi connectivity index (χ2v) is 9.43. The first-order chi connectivity index (χ1) is 15.9. The lowest BCUT2D eigenvalue weighted by Gasteiger charge is -2.30. The van der Waals surface area contributed by atoms with Gasteiger partial charge < -0.3 is 13.9 Å². The maximum absolute atomic E-state index is 12.9. The SMILES string of the molecule is COc1ccc(S(=O)(=O)N2CCC(C(=O)Nc3nnc(-c4cccc(OC)c4)o3)CC2)cc1. The van der Waals surface area contributed by atoms with Crippen molar-refractivity contribution in [2.24, 2.45) is 5.92 Å². The second-order valence-electron chi connectivity index (χ2n) is 7.49. The lowest BCUT2D eigenvalue weighted by atomic mass is 9.97. The average Bonchev–Trinajstić information content (AvgIpc) is 3.32. The summed E-state index contributed by atoms with van der Waals surface area (Å²) < 4.78 is 43.0. The summed E-state index contributed by atoms with van der Waals surface area (Å²) in [4.78, 5) is 12.9. The minimum absolute atomic E-state index is 0.00824. The van der Waals surface area contributed by atoms with E-state index in [9.17, 15) is 13.2 Å². The van der Waals surface area contributed by atoms with Crippen LogP contribution in [-0.4, -0.2) is 56.1 Å². The fraction of sp³-hybridized carbons (Fsp3) is 0.318. The number of hydrogen-bond acceptors (Lipinski definition) is 8. The molecule has 1 fully saturated rings. The van der Waals surface area contributed by atoms with E-state index < -0.39 is 10.0 Å². The lowest BCUT2D eigenvalue weighted by Crippen LogP contribution is -2.41. The summed E-state index contributed by atoms with van der Waals surface area (Å²) in [5.74, 6) is 0.842. The molecule has 33 heavy (non-hydrogen) atoms. The number of nitrogens with one attached hydrogen (secondary N) is 1. The molecule has 1 aliphatic rings. The van der Waals surface area contributed by atoms with Gasteiger partial charge in [0.25, 0.3) is 0 Å². The molecular formula is C22H24N4O6S. The zero-order chi connectivity index (χ0) is 23.4. The van der Waals surface area contributed by atoms with Crippen molar-refractivity contribution in [3.05, 3.63) is 48.5 Å². The number of hydrogen-bond donors (Lipinski definition) is 1. The number of ether oxygens (including phenoxy) is 2. The summed E-state index contributed by atoms with van der Waals surface area (Å²) >= 11 is 0. The minimum Gasteiger partial charge on any atom is -0.497 e. The molecule has 4 rings (SSSR count). The standard InChI is InChI=1S/C22H24N4O6S/c1-30-17-6-8-19(9-7-17)33(28,29)26-12-10-15(11-13-26)20(27)23-22-25-24-21(32-22)16-4-3-5-18(14-16)31-2/h3-9,14-15H,10-13H2,1-2H3,(H,23,25,27). The van der Waals surface area contributed by atoms with Crippen LogP contribution in [0.5, 0.6) is 11.5 Å². The van der Waals surface area contributed by atoms with E-state index in [0.29, 0.717) is 29.9 Å². The van der Waals surface area contributed by atoms with Gasteiger partial charge in [-0.25, -0.2) is 8.42 Å². The highest BCUT2D eigenvalue weighted by molar-refractivity contribution is 7.89. The highest BCUT2D eigenvalue weighted by Crippen LogP contribution is 2.27. The van der Waals surface area contributed by atoms with E-state index in [0.717, 1.165) is 0 Å². The molecule has 1 aromatic heterocycles. The number of piperidine rings is 1. The zero-order valence-electron chi connectivity index (χ0n) is 18.2. The normalized spacial score (nSPS) is 15.2. The van der Waals surface area contributed by atoms with Crippen LogP contribution in [0.4, 0.5) is 6.01 Å². The molecule has 1 amide bonds. The molecule has 2 heterocycles. The van der Waals surface area contributed by atoms with Crippen LogP contribution in [0.15, 0.2) is 57.8 Å². The number of nitrogens with zero attached hydrogens (tertiary/aromatic N) is 3. The third kappa shape index (κ3) is 4.99. The predicted octanol–water partition coefficient (Wildman–Crippen LogP) is 2.79. The number of benzene rings is 2. The zero-order valence-corrected chi connectivity index (χ0v) is 19.0. The number of aromatic nitrogens is 2. The van der Waals surface area contributed by atoms with Crippen LogP contribution >= 0.6 is 0 Å². The van der Waals surface area contributed by atoms with Crippen molar-refractivity contribution in [2.45, 2.75) is 17.7 Å². The second kappa shape index (κ2) is 9.59. The largest absolute Gasteiger partial charge is 0.497 e. The number of anilines is 1. The van der Waals surface area contributed by atoms with Crippen LogP contribution in [0.1, 0.15) is 12.8 Å². The first-order valence-corrected chi connectivity index (χ1v) is 11.8. The van der Waals surface area contributed by atoms with Crippen molar-refractivity contribution in [1.29, 1.82) is 0 Å². The first kappa shape index (κ1) is 22.7. The number of methoxy groups -OCH3 is 2. The van der Waals surface area contributed by atoms with E-state index >= 15 is 0 Å². The first-order valence-electron chi connectivity index (χ1n) is 10.3. The maximum Gasteiger partial charge on any atom is 0.322 e. The molecule has 174 valence electrons. The van der Waals surface area contributed by atoms with E-state index in [1.807, 2.05) is 0 Å². The molecule has 0 aliphatic carbocycles. The molecule has 0 radical (unpaired) electrons. The third-order valence-electron chi connectivity index (χ3n) is 5.49. The van der Waals surface area contributed by atoms with Gasteiger partial charge in [0.15, 0.2) is 0 Å². The van der Waals surface area contributed by atoms with E-state index in [1.165, 1.54) is 23.5 Å². The number of amides is 1. The summed E-state index contributed by atoms with van der Waals surface area (Å²) in [5.41, 5.74) is 0.666. The molecular weight excluding hydrogens is 448 g/mol. The van der Waals surface area contributed by atoms with Crippen LogP contribution < -0.4 is 14.8 Å². The molecule has 0 atom stereocenters. The Bertz CT molecular complexity index is 1220. The van der Waals surface area contributed by atoms with Crippen molar-refractivity contribution in [2.75, 3.05) is 32.6 Å². The Morgan fingerprint density at radius 2 is 1.73 bits per heavy atom. The summed E-state index contributed by atoms with van der Waals surface area (Å²) in [7, 11) is -0.550. The van der Waals surface area contributed by atoms with Gasteiger partial charge in [-0.2, -0.15) is 4.31 Å². The van der Waals surface area contributed by atoms with Crippen LogP contribution in [0, 0.1) is 5.92 Å². The van der Waals surface area contributed by atoms with Gasteiger partial charge in [0.05, 0.1) is 19.1 Å².